The quantitative estimate of drug-likeness (QED) is 0.326. The summed E-state index contributed by atoms with van der Waals surface area (Å²) in [6.07, 6.45) is 7.37. The Kier molecular flexibility index (Phi) is 6.12. The Morgan fingerprint density at radius 2 is 1.54 bits per heavy atom. The van der Waals surface area contributed by atoms with Crippen LogP contribution in [0.5, 0.6) is 0 Å². The zero-order valence-electron chi connectivity index (χ0n) is 24.2. The van der Waals surface area contributed by atoms with E-state index in [0.29, 0.717) is 24.7 Å². The van der Waals surface area contributed by atoms with Crippen molar-refractivity contribution in [3.8, 4) is 0 Å². The number of carbonyl (C=O) groups excluding carboxylic acids is 1. The summed E-state index contributed by atoms with van der Waals surface area (Å²) < 4.78 is 5.86. The van der Waals surface area contributed by atoms with Crippen LogP contribution in [-0.2, 0) is 14.3 Å². The molecule has 0 heterocycles. The van der Waals surface area contributed by atoms with E-state index < -0.39 is 17.5 Å². The van der Waals surface area contributed by atoms with Crippen LogP contribution in [0.3, 0.4) is 0 Å². The first-order valence-corrected chi connectivity index (χ1v) is 14.8. The summed E-state index contributed by atoms with van der Waals surface area (Å²) in [5.41, 5.74) is -0.00275. The Bertz CT molecular complexity index is 1000. The fraction of sp³-hybridized carbons (Fsp3) is 0.875. The van der Waals surface area contributed by atoms with Crippen LogP contribution in [-0.4, -0.2) is 34.4 Å². The number of carboxylic acids is 1. The standard InChI is InChI=1S/C32H50O5/c1-18(2)20-11-16-32(27(35)36)24(34)17-31(8)21(26(20)32)9-10-23-29(6)14-13-25(37-19(3)33)28(4,5)22(29)12-15-30(23,31)7/h20-26,34H,1,9-17H2,2-8H3,(H,35,36)/t20-,21+,22-,23+,24-,25-,26-,29-,30+,31+,32-/m0/s1. The van der Waals surface area contributed by atoms with Gasteiger partial charge in [-0.25, -0.2) is 0 Å². The number of hydrogen-bond acceptors (Lipinski definition) is 4. The molecule has 5 nitrogen and oxygen atoms in total. The number of hydrogen-bond donors (Lipinski definition) is 2. The monoisotopic (exact) mass is 514 g/mol. The molecule has 5 aliphatic carbocycles. The summed E-state index contributed by atoms with van der Waals surface area (Å²) in [6.45, 7) is 19.9. The molecule has 2 N–H and O–H groups in total. The van der Waals surface area contributed by atoms with Gasteiger partial charge >= 0.3 is 11.9 Å². The van der Waals surface area contributed by atoms with E-state index in [1.807, 2.05) is 0 Å². The van der Waals surface area contributed by atoms with Gasteiger partial charge in [0.15, 0.2) is 0 Å². The van der Waals surface area contributed by atoms with Crippen LogP contribution in [0.25, 0.3) is 0 Å². The number of ether oxygens (including phenoxy) is 1. The first kappa shape index (κ1) is 27.2. The van der Waals surface area contributed by atoms with E-state index in [1.54, 1.807) is 0 Å². The average Bonchev–Trinajstić information content (AvgIpc) is 3.19. The summed E-state index contributed by atoms with van der Waals surface area (Å²) >= 11 is 0. The molecule has 0 aromatic carbocycles. The lowest BCUT2D eigenvalue weighted by Crippen LogP contribution is -2.69. The molecule has 5 aliphatic rings. The molecule has 5 saturated carbocycles. The van der Waals surface area contributed by atoms with Crippen molar-refractivity contribution in [3.05, 3.63) is 12.2 Å². The van der Waals surface area contributed by atoms with Crippen molar-refractivity contribution in [2.75, 3.05) is 0 Å². The molecule has 0 aromatic heterocycles. The van der Waals surface area contributed by atoms with E-state index >= 15 is 0 Å². The van der Waals surface area contributed by atoms with Gasteiger partial charge in [-0.15, -0.1) is 0 Å². The van der Waals surface area contributed by atoms with Gasteiger partial charge in [-0.05, 0) is 111 Å². The van der Waals surface area contributed by atoms with Crippen molar-refractivity contribution in [2.24, 2.45) is 56.7 Å². The van der Waals surface area contributed by atoms with Gasteiger partial charge in [0.25, 0.3) is 0 Å². The van der Waals surface area contributed by atoms with Crippen molar-refractivity contribution in [3.63, 3.8) is 0 Å². The molecule has 5 fully saturated rings. The lowest BCUT2D eigenvalue weighted by Gasteiger charge is -2.73. The Labute approximate surface area is 223 Å². The average molecular weight is 515 g/mol. The minimum Gasteiger partial charge on any atom is -0.481 e. The lowest BCUT2D eigenvalue weighted by atomic mass is 9.32. The van der Waals surface area contributed by atoms with Gasteiger partial charge in [-0.1, -0.05) is 46.8 Å². The van der Waals surface area contributed by atoms with Crippen molar-refractivity contribution in [1.82, 2.24) is 0 Å². The maximum absolute atomic E-state index is 12.9. The molecule has 0 saturated heterocycles. The summed E-state index contributed by atoms with van der Waals surface area (Å²) in [4.78, 5) is 24.8. The molecule has 5 rings (SSSR count). The van der Waals surface area contributed by atoms with Crippen molar-refractivity contribution in [2.45, 2.75) is 118 Å². The Morgan fingerprint density at radius 3 is 2.14 bits per heavy atom. The van der Waals surface area contributed by atoms with Gasteiger partial charge < -0.3 is 14.9 Å². The molecule has 208 valence electrons. The van der Waals surface area contributed by atoms with Crippen LogP contribution < -0.4 is 0 Å². The van der Waals surface area contributed by atoms with Gasteiger partial charge in [0.2, 0.25) is 0 Å². The van der Waals surface area contributed by atoms with Gasteiger partial charge in [-0.3, -0.25) is 9.59 Å². The van der Waals surface area contributed by atoms with Crippen LogP contribution in [0, 0.1) is 56.7 Å². The third kappa shape index (κ3) is 3.31. The highest BCUT2D eigenvalue weighted by molar-refractivity contribution is 5.77. The van der Waals surface area contributed by atoms with Gasteiger partial charge in [-0.2, -0.15) is 0 Å². The van der Waals surface area contributed by atoms with Crippen molar-refractivity contribution >= 4 is 11.9 Å². The molecule has 5 heteroatoms. The van der Waals surface area contributed by atoms with Crippen molar-refractivity contribution < 1.29 is 24.5 Å². The van der Waals surface area contributed by atoms with Crippen LogP contribution in [0.1, 0.15) is 106 Å². The highest BCUT2D eigenvalue weighted by atomic mass is 16.5. The molecule has 37 heavy (non-hydrogen) atoms. The predicted molar refractivity (Wildman–Crippen MR) is 144 cm³/mol. The Hall–Kier alpha value is -1.36. The van der Waals surface area contributed by atoms with E-state index in [0.717, 1.165) is 50.5 Å². The smallest absolute Gasteiger partial charge is 0.312 e. The van der Waals surface area contributed by atoms with E-state index in [4.69, 9.17) is 4.74 Å². The number of aliphatic hydroxyl groups is 1. The van der Waals surface area contributed by atoms with Crippen molar-refractivity contribution in [1.29, 1.82) is 0 Å². The Balaban J connectivity index is 1.55. The number of fused-ring (bicyclic) bond motifs is 7. The fourth-order valence-corrected chi connectivity index (χ4v) is 12.0. The first-order valence-electron chi connectivity index (χ1n) is 14.8. The number of carboxylic acid groups (broad SMARTS) is 1. The van der Waals surface area contributed by atoms with Gasteiger partial charge in [0, 0.05) is 12.3 Å². The molecule has 0 aromatic rings. The maximum atomic E-state index is 12.9. The lowest BCUT2D eigenvalue weighted by molar-refractivity contribution is -0.264. The number of allylic oxidation sites excluding steroid dienone is 1. The van der Waals surface area contributed by atoms with Crippen LogP contribution in [0.2, 0.25) is 0 Å². The minimum absolute atomic E-state index is 0.0272. The fourth-order valence-electron chi connectivity index (χ4n) is 12.0. The summed E-state index contributed by atoms with van der Waals surface area (Å²) in [5.74, 6) is 0.393. The number of carbonyl (C=O) groups is 2. The largest absolute Gasteiger partial charge is 0.481 e. The highest BCUT2D eigenvalue weighted by Crippen LogP contribution is 2.77. The molecule has 0 radical (unpaired) electrons. The van der Waals surface area contributed by atoms with Crippen LogP contribution in [0.15, 0.2) is 12.2 Å². The SMILES string of the molecule is C=C(C)[C@@H]1CC[C@@]2(C(=O)O)[C@@H]1[C@H]1CC[C@@H]3[C@@]4(C)CC[C@H](OC(C)=O)C(C)(C)[C@@H]4CC[C@@]3(C)[C@]1(C)C[C@@H]2O. The van der Waals surface area contributed by atoms with Crippen LogP contribution >= 0.6 is 0 Å². The molecule has 11 atom stereocenters. The third-order valence-electron chi connectivity index (χ3n) is 13.8. The zero-order chi connectivity index (χ0) is 27.3. The first-order chi connectivity index (χ1) is 17.1. The molecule has 0 aliphatic heterocycles. The summed E-state index contributed by atoms with van der Waals surface area (Å²) in [5, 5.41) is 22.3. The topological polar surface area (TPSA) is 83.8 Å². The molecule has 0 amide bonds. The summed E-state index contributed by atoms with van der Waals surface area (Å²) in [7, 11) is 0. The maximum Gasteiger partial charge on any atom is 0.312 e. The molecular formula is C32H50O5. The number of esters is 1. The molecule has 0 bridgehead atoms. The third-order valence-corrected chi connectivity index (χ3v) is 13.8. The van der Waals surface area contributed by atoms with Gasteiger partial charge in [0.1, 0.15) is 6.10 Å². The highest BCUT2D eigenvalue weighted by Gasteiger charge is 2.74. The number of aliphatic hydroxyl groups excluding tert-OH is 1. The predicted octanol–water partition coefficient (Wildman–Crippen LogP) is 6.63. The second-order valence-corrected chi connectivity index (χ2v) is 15.2. The normalized spacial score (nSPS) is 52.2. The number of aliphatic carboxylic acids is 1. The second kappa shape index (κ2) is 8.32. The molecular weight excluding hydrogens is 464 g/mol. The minimum atomic E-state index is -1.04. The summed E-state index contributed by atoms with van der Waals surface area (Å²) in [6, 6.07) is 0. The van der Waals surface area contributed by atoms with Crippen LogP contribution in [0.4, 0.5) is 0 Å². The molecule has 0 unspecified atom stereocenters. The zero-order valence-corrected chi connectivity index (χ0v) is 24.2. The molecule has 0 spiro atoms. The Morgan fingerprint density at radius 1 is 0.865 bits per heavy atom. The second-order valence-electron chi connectivity index (χ2n) is 15.2. The van der Waals surface area contributed by atoms with E-state index in [2.05, 4.69) is 48.1 Å². The van der Waals surface area contributed by atoms with E-state index in [9.17, 15) is 19.8 Å². The number of rotatable bonds is 3. The van der Waals surface area contributed by atoms with Gasteiger partial charge in [0.05, 0.1) is 11.5 Å². The van der Waals surface area contributed by atoms with E-state index in [-0.39, 0.29) is 51.5 Å². The van der Waals surface area contributed by atoms with E-state index in [1.165, 1.54) is 6.92 Å².